The van der Waals surface area contributed by atoms with E-state index >= 15 is 0 Å². The molecular formula is C19H22N4. The molecule has 2 aromatic heterocycles. The minimum Gasteiger partial charge on any atom is -0.279 e. The number of rotatable bonds is 5. The van der Waals surface area contributed by atoms with Crippen LogP contribution in [-0.2, 0) is 12.8 Å². The summed E-state index contributed by atoms with van der Waals surface area (Å²) in [6.45, 7) is 6.31. The molecule has 2 heterocycles. The second-order valence-electron chi connectivity index (χ2n) is 5.66. The van der Waals surface area contributed by atoms with Crippen LogP contribution in [0, 0.1) is 6.92 Å². The van der Waals surface area contributed by atoms with Gasteiger partial charge in [-0.3, -0.25) is 9.55 Å². The van der Waals surface area contributed by atoms with E-state index in [1.54, 1.807) is 0 Å². The molecule has 0 bridgehead atoms. The molecule has 0 saturated carbocycles. The molecule has 4 nitrogen and oxygen atoms in total. The van der Waals surface area contributed by atoms with Gasteiger partial charge in [0.05, 0.1) is 5.69 Å². The van der Waals surface area contributed by atoms with Crippen LogP contribution in [0.25, 0.3) is 17.1 Å². The van der Waals surface area contributed by atoms with Gasteiger partial charge >= 0.3 is 0 Å². The Hall–Kier alpha value is -2.49. The first-order chi connectivity index (χ1) is 11.2. The number of aryl methyl sites for hydroxylation is 3. The van der Waals surface area contributed by atoms with Crippen molar-refractivity contribution in [3.05, 3.63) is 59.7 Å². The van der Waals surface area contributed by atoms with Crippen LogP contribution >= 0.6 is 0 Å². The van der Waals surface area contributed by atoms with E-state index < -0.39 is 0 Å². The Morgan fingerprint density at radius 2 is 1.74 bits per heavy atom. The summed E-state index contributed by atoms with van der Waals surface area (Å²) < 4.78 is 2.16. The van der Waals surface area contributed by atoms with Crippen molar-refractivity contribution in [2.45, 2.75) is 40.0 Å². The fourth-order valence-electron chi connectivity index (χ4n) is 2.81. The summed E-state index contributed by atoms with van der Waals surface area (Å²) in [5.74, 6) is 1.88. The molecule has 4 heteroatoms. The topological polar surface area (TPSA) is 43.6 Å². The standard InChI is InChI=1S/C19H22N4/c1-4-9-18-21-22-19(23(18)15-10-7-6-8-11-15)16-13-12-14(3)20-17(16)5-2/h6-8,10-13H,4-5,9H2,1-3H3. The van der Waals surface area contributed by atoms with E-state index in [1.807, 2.05) is 31.2 Å². The number of nitrogens with zero attached hydrogens (tertiary/aromatic N) is 4. The second-order valence-corrected chi connectivity index (χ2v) is 5.66. The van der Waals surface area contributed by atoms with Crippen LogP contribution < -0.4 is 0 Å². The van der Waals surface area contributed by atoms with Gasteiger partial charge in [0.25, 0.3) is 0 Å². The molecule has 0 fully saturated rings. The molecule has 0 radical (unpaired) electrons. The van der Waals surface area contributed by atoms with Crippen molar-refractivity contribution in [1.29, 1.82) is 0 Å². The predicted molar refractivity (Wildman–Crippen MR) is 92.7 cm³/mol. The van der Waals surface area contributed by atoms with Crippen molar-refractivity contribution in [2.75, 3.05) is 0 Å². The first kappa shape index (κ1) is 15.4. The van der Waals surface area contributed by atoms with Crippen molar-refractivity contribution in [2.24, 2.45) is 0 Å². The Labute approximate surface area is 137 Å². The Bertz CT molecular complexity index is 790. The van der Waals surface area contributed by atoms with Crippen molar-refractivity contribution < 1.29 is 0 Å². The van der Waals surface area contributed by atoms with E-state index in [4.69, 9.17) is 0 Å². The summed E-state index contributed by atoms with van der Waals surface area (Å²) in [4.78, 5) is 4.68. The summed E-state index contributed by atoms with van der Waals surface area (Å²) in [5.41, 5.74) is 4.26. The highest BCUT2D eigenvalue weighted by molar-refractivity contribution is 5.61. The summed E-state index contributed by atoms with van der Waals surface area (Å²) in [6.07, 6.45) is 2.82. The van der Waals surface area contributed by atoms with Crippen LogP contribution in [0.2, 0.25) is 0 Å². The van der Waals surface area contributed by atoms with E-state index in [1.165, 1.54) is 0 Å². The van der Waals surface area contributed by atoms with E-state index in [0.29, 0.717) is 0 Å². The van der Waals surface area contributed by atoms with E-state index in [0.717, 1.165) is 53.5 Å². The normalized spacial score (nSPS) is 10.9. The maximum absolute atomic E-state index is 4.68. The average molecular weight is 306 g/mol. The van der Waals surface area contributed by atoms with E-state index in [9.17, 15) is 0 Å². The maximum atomic E-state index is 4.68. The van der Waals surface area contributed by atoms with Crippen molar-refractivity contribution in [1.82, 2.24) is 19.7 Å². The van der Waals surface area contributed by atoms with Gasteiger partial charge in [0.15, 0.2) is 5.82 Å². The molecule has 0 amide bonds. The maximum Gasteiger partial charge on any atom is 0.170 e. The Balaban J connectivity index is 2.21. The first-order valence-electron chi connectivity index (χ1n) is 8.21. The molecule has 0 atom stereocenters. The van der Waals surface area contributed by atoms with Gasteiger partial charge in [0.2, 0.25) is 0 Å². The van der Waals surface area contributed by atoms with E-state index in [2.05, 4.69) is 51.8 Å². The molecule has 23 heavy (non-hydrogen) atoms. The van der Waals surface area contributed by atoms with Gasteiger partial charge in [-0.1, -0.05) is 32.0 Å². The van der Waals surface area contributed by atoms with Gasteiger partial charge in [-0.05, 0) is 44.0 Å². The van der Waals surface area contributed by atoms with Gasteiger partial charge in [-0.15, -0.1) is 10.2 Å². The molecule has 3 rings (SSSR count). The highest BCUT2D eigenvalue weighted by atomic mass is 15.3. The molecule has 3 aromatic rings. The van der Waals surface area contributed by atoms with Crippen LogP contribution in [0.1, 0.15) is 37.5 Å². The van der Waals surface area contributed by atoms with Gasteiger partial charge < -0.3 is 0 Å². The van der Waals surface area contributed by atoms with Gasteiger partial charge in [-0.2, -0.15) is 0 Å². The number of para-hydroxylation sites is 1. The van der Waals surface area contributed by atoms with Crippen LogP contribution in [-0.4, -0.2) is 19.7 Å². The number of benzene rings is 1. The van der Waals surface area contributed by atoms with Gasteiger partial charge in [-0.25, -0.2) is 0 Å². The summed E-state index contributed by atoms with van der Waals surface area (Å²) in [6, 6.07) is 14.5. The quantitative estimate of drug-likeness (QED) is 0.711. The molecule has 0 aliphatic carbocycles. The minimum absolute atomic E-state index is 0.877. The van der Waals surface area contributed by atoms with Gasteiger partial charge in [0.1, 0.15) is 5.82 Å². The molecule has 0 aliphatic heterocycles. The monoisotopic (exact) mass is 306 g/mol. The number of hydrogen-bond donors (Lipinski definition) is 0. The fourth-order valence-corrected chi connectivity index (χ4v) is 2.81. The van der Waals surface area contributed by atoms with E-state index in [-0.39, 0.29) is 0 Å². The van der Waals surface area contributed by atoms with Crippen LogP contribution in [0.15, 0.2) is 42.5 Å². The van der Waals surface area contributed by atoms with Crippen LogP contribution in [0.5, 0.6) is 0 Å². The molecule has 0 unspecified atom stereocenters. The third-order valence-electron chi connectivity index (χ3n) is 3.91. The molecule has 0 aliphatic rings. The molecule has 0 spiro atoms. The largest absolute Gasteiger partial charge is 0.279 e. The smallest absolute Gasteiger partial charge is 0.170 e. The lowest BCUT2D eigenvalue weighted by Gasteiger charge is -2.12. The lowest BCUT2D eigenvalue weighted by molar-refractivity contribution is 0.803. The third-order valence-corrected chi connectivity index (χ3v) is 3.91. The number of hydrogen-bond acceptors (Lipinski definition) is 3. The Kier molecular flexibility index (Phi) is 4.51. The molecular weight excluding hydrogens is 284 g/mol. The summed E-state index contributed by atoms with van der Waals surface area (Å²) in [7, 11) is 0. The molecule has 0 N–H and O–H groups in total. The van der Waals surface area contributed by atoms with Crippen molar-refractivity contribution >= 4 is 0 Å². The summed E-state index contributed by atoms with van der Waals surface area (Å²) >= 11 is 0. The van der Waals surface area contributed by atoms with Crippen LogP contribution in [0.3, 0.4) is 0 Å². The Morgan fingerprint density at radius 1 is 0.957 bits per heavy atom. The van der Waals surface area contributed by atoms with Crippen molar-refractivity contribution in [3.8, 4) is 17.1 Å². The highest BCUT2D eigenvalue weighted by Crippen LogP contribution is 2.26. The van der Waals surface area contributed by atoms with Crippen LogP contribution in [0.4, 0.5) is 0 Å². The average Bonchev–Trinajstić information content (AvgIpc) is 2.99. The first-order valence-corrected chi connectivity index (χ1v) is 8.21. The number of aromatic nitrogens is 4. The zero-order valence-corrected chi connectivity index (χ0v) is 14.0. The Morgan fingerprint density at radius 3 is 2.43 bits per heavy atom. The highest BCUT2D eigenvalue weighted by Gasteiger charge is 2.17. The SMILES string of the molecule is CCCc1nnc(-c2ccc(C)nc2CC)n1-c1ccccc1. The second kappa shape index (κ2) is 6.73. The number of pyridine rings is 1. The zero-order valence-electron chi connectivity index (χ0n) is 14.0. The minimum atomic E-state index is 0.877. The zero-order chi connectivity index (χ0) is 16.2. The van der Waals surface area contributed by atoms with Gasteiger partial charge in [0, 0.05) is 23.4 Å². The van der Waals surface area contributed by atoms with Crippen molar-refractivity contribution in [3.63, 3.8) is 0 Å². The lowest BCUT2D eigenvalue weighted by Crippen LogP contribution is -2.05. The third kappa shape index (κ3) is 3.02. The lowest BCUT2D eigenvalue weighted by atomic mass is 10.1. The predicted octanol–water partition coefficient (Wildman–Crippen LogP) is 4.15. The fraction of sp³-hybridized carbons (Fsp3) is 0.316. The molecule has 1 aromatic carbocycles. The summed E-state index contributed by atoms with van der Waals surface area (Å²) in [5, 5.41) is 8.93. The molecule has 118 valence electrons. The molecule has 0 saturated heterocycles.